The predicted octanol–water partition coefficient (Wildman–Crippen LogP) is 2.52. The zero-order chi connectivity index (χ0) is 11.2. The number of fused-ring (bicyclic) bond motifs is 3. The summed E-state index contributed by atoms with van der Waals surface area (Å²) in [7, 11) is 0. The molecular formula is C13H10N2O2. The van der Waals surface area contributed by atoms with Crippen LogP contribution >= 0.6 is 0 Å². The number of benzene rings is 1. The van der Waals surface area contributed by atoms with Crippen molar-refractivity contribution in [3.05, 3.63) is 42.4 Å². The van der Waals surface area contributed by atoms with Gasteiger partial charge in [-0.2, -0.15) is 0 Å². The van der Waals surface area contributed by atoms with E-state index in [1.54, 1.807) is 12.3 Å². The summed E-state index contributed by atoms with van der Waals surface area (Å²) < 4.78 is 11.4. The maximum atomic E-state index is 5.70. The van der Waals surface area contributed by atoms with Crippen LogP contribution in [-0.2, 0) is 0 Å². The Bertz CT molecular complexity index is 571. The number of aromatic nitrogens is 2. The van der Waals surface area contributed by atoms with Crippen LogP contribution in [0, 0.1) is 0 Å². The number of hydrogen-bond donors (Lipinski definition) is 0. The van der Waals surface area contributed by atoms with Crippen molar-refractivity contribution in [1.82, 2.24) is 9.97 Å². The molecule has 1 saturated carbocycles. The Kier molecular flexibility index (Phi) is 1.69. The van der Waals surface area contributed by atoms with E-state index in [2.05, 4.69) is 16.0 Å². The van der Waals surface area contributed by atoms with E-state index in [1.165, 1.54) is 11.9 Å². The highest BCUT2D eigenvalue weighted by molar-refractivity contribution is 5.50. The highest BCUT2D eigenvalue weighted by Crippen LogP contribution is 2.54. The van der Waals surface area contributed by atoms with Gasteiger partial charge in [0.2, 0.25) is 5.88 Å². The van der Waals surface area contributed by atoms with Gasteiger partial charge in [-0.3, -0.25) is 0 Å². The molecule has 2 aromatic rings. The van der Waals surface area contributed by atoms with E-state index < -0.39 is 0 Å². The largest absolute Gasteiger partial charge is 0.489 e. The Morgan fingerprint density at radius 1 is 1.29 bits per heavy atom. The van der Waals surface area contributed by atoms with Gasteiger partial charge in [0.15, 0.2) is 0 Å². The van der Waals surface area contributed by atoms with Crippen molar-refractivity contribution in [2.75, 3.05) is 0 Å². The minimum Gasteiger partial charge on any atom is -0.489 e. The zero-order valence-corrected chi connectivity index (χ0v) is 9.04. The molecule has 0 amide bonds. The molecule has 1 aliphatic heterocycles. The Morgan fingerprint density at radius 3 is 3.18 bits per heavy atom. The third kappa shape index (κ3) is 1.45. The summed E-state index contributed by atoms with van der Waals surface area (Å²) in [5, 5.41) is 0. The lowest BCUT2D eigenvalue weighted by Gasteiger charge is -2.07. The molecule has 2 atom stereocenters. The average Bonchev–Trinajstić information content (AvgIpc) is 3.05. The SMILES string of the molecule is c1cc(Oc2ccc3c(c2)C2CC2O3)ncn1. The molecule has 1 aromatic heterocycles. The summed E-state index contributed by atoms with van der Waals surface area (Å²) in [4.78, 5) is 7.88. The Labute approximate surface area is 98.2 Å². The smallest absolute Gasteiger partial charge is 0.222 e. The van der Waals surface area contributed by atoms with Crippen molar-refractivity contribution in [2.24, 2.45) is 0 Å². The lowest BCUT2D eigenvalue weighted by Crippen LogP contribution is -1.91. The van der Waals surface area contributed by atoms with Gasteiger partial charge in [0, 0.05) is 23.7 Å². The van der Waals surface area contributed by atoms with E-state index in [0.717, 1.165) is 17.9 Å². The molecule has 0 saturated heterocycles. The van der Waals surface area contributed by atoms with Gasteiger partial charge in [0.05, 0.1) is 0 Å². The second-order valence-electron chi connectivity index (χ2n) is 4.35. The van der Waals surface area contributed by atoms with Crippen LogP contribution < -0.4 is 9.47 Å². The fraction of sp³-hybridized carbons (Fsp3) is 0.231. The second kappa shape index (κ2) is 3.20. The topological polar surface area (TPSA) is 44.2 Å². The fourth-order valence-electron chi connectivity index (χ4n) is 2.24. The molecule has 4 nitrogen and oxygen atoms in total. The minimum absolute atomic E-state index is 0.416. The van der Waals surface area contributed by atoms with Crippen molar-refractivity contribution in [3.63, 3.8) is 0 Å². The van der Waals surface area contributed by atoms with Crippen molar-refractivity contribution in [2.45, 2.75) is 18.4 Å². The Morgan fingerprint density at radius 2 is 2.29 bits per heavy atom. The summed E-state index contributed by atoms with van der Waals surface area (Å²) >= 11 is 0. The summed E-state index contributed by atoms with van der Waals surface area (Å²) in [5.74, 6) is 2.95. The number of rotatable bonds is 2. The van der Waals surface area contributed by atoms with Crippen LogP contribution in [0.5, 0.6) is 17.4 Å². The van der Waals surface area contributed by atoms with Crippen LogP contribution in [0.3, 0.4) is 0 Å². The van der Waals surface area contributed by atoms with E-state index in [0.29, 0.717) is 17.9 Å². The molecule has 4 heteroatoms. The van der Waals surface area contributed by atoms with Crippen molar-refractivity contribution in [1.29, 1.82) is 0 Å². The first-order valence-electron chi connectivity index (χ1n) is 5.64. The second-order valence-corrected chi connectivity index (χ2v) is 4.35. The van der Waals surface area contributed by atoms with Gasteiger partial charge in [-0.1, -0.05) is 0 Å². The Hall–Kier alpha value is -2.10. The first kappa shape index (κ1) is 8.98. The van der Waals surface area contributed by atoms with Gasteiger partial charge in [0.1, 0.15) is 23.9 Å². The molecule has 2 heterocycles. The van der Waals surface area contributed by atoms with Crippen LogP contribution in [0.25, 0.3) is 0 Å². The van der Waals surface area contributed by atoms with Gasteiger partial charge in [-0.05, 0) is 24.6 Å². The predicted molar refractivity (Wildman–Crippen MR) is 60.3 cm³/mol. The van der Waals surface area contributed by atoms with Crippen molar-refractivity contribution in [3.8, 4) is 17.4 Å². The quantitative estimate of drug-likeness (QED) is 0.789. The molecule has 84 valence electrons. The van der Waals surface area contributed by atoms with E-state index >= 15 is 0 Å². The van der Waals surface area contributed by atoms with E-state index in [-0.39, 0.29) is 0 Å². The summed E-state index contributed by atoms with van der Waals surface area (Å²) in [5.41, 5.74) is 1.27. The van der Waals surface area contributed by atoms with Gasteiger partial charge >= 0.3 is 0 Å². The third-order valence-corrected chi connectivity index (χ3v) is 3.17. The molecule has 0 spiro atoms. The van der Waals surface area contributed by atoms with E-state index in [4.69, 9.17) is 9.47 Å². The standard InChI is InChI=1S/C13H10N2O2/c1-2-11-9(10-6-12(10)17-11)5-8(1)16-13-3-4-14-7-15-13/h1-5,7,10,12H,6H2. The first-order chi connectivity index (χ1) is 8.40. The highest BCUT2D eigenvalue weighted by atomic mass is 16.5. The molecular weight excluding hydrogens is 216 g/mol. The van der Waals surface area contributed by atoms with E-state index in [9.17, 15) is 0 Å². The van der Waals surface area contributed by atoms with Crippen LogP contribution in [0.1, 0.15) is 17.9 Å². The number of hydrogen-bond acceptors (Lipinski definition) is 4. The highest BCUT2D eigenvalue weighted by Gasteiger charge is 2.48. The van der Waals surface area contributed by atoms with E-state index in [1.807, 2.05) is 12.1 Å². The normalized spacial score (nSPS) is 23.5. The number of ether oxygens (including phenoxy) is 2. The molecule has 0 bridgehead atoms. The monoisotopic (exact) mass is 226 g/mol. The van der Waals surface area contributed by atoms with Crippen LogP contribution in [0.15, 0.2) is 36.8 Å². The van der Waals surface area contributed by atoms with Crippen LogP contribution in [-0.4, -0.2) is 16.1 Å². The summed E-state index contributed by atoms with van der Waals surface area (Å²) in [6.07, 6.45) is 4.70. The minimum atomic E-state index is 0.416. The lowest BCUT2D eigenvalue weighted by molar-refractivity contribution is 0.318. The molecule has 17 heavy (non-hydrogen) atoms. The van der Waals surface area contributed by atoms with Crippen molar-refractivity contribution < 1.29 is 9.47 Å². The lowest BCUT2D eigenvalue weighted by atomic mass is 10.1. The summed E-state index contributed by atoms with van der Waals surface area (Å²) in [6, 6.07) is 7.67. The molecule has 2 unspecified atom stereocenters. The summed E-state index contributed by atoms with van der Waals surface area (Å²) in [6.45, 7) is 0. The third-order valence-electron chi connectivity index (χ3n) is 3.17. The Balaban J connectivity index is 1.65. The molecule has 0 N–H and O–H groups in total. The van der Waals surface area contributed by atoms with Gasteiger partial charge in [0.25, 0.3) is 0 Å². The van der Waals surface area contributed by atoms with Gasteiger partial charge < -0.3 is 9.47 Å². The van der Waals surface area contributed by atoms with Crippen LogP contribution in [0.2, 0.25) is 0 Å². The van der Waals surface area contributed by atoms with Crippen molar-refractivity contribution >= 4 is 0 Å². The molecule has 1 fully saturated rings. The molecule has 1 aromatic carbocycles. The molecule has 0 radical (unpaired) electrons. The van der Waals surface area contributed by atoms with Gasteiger partial charge in [-0.15, -0.1) is 0 Å². The molecule has 2 aliphatic rings. The van der Waals surface area contributed by atoms with Gasteiger partial charge in [-0.25, -0.2) is 9.97 Å². The maximum Gasteiger partial charge on any atom is 0.222 e. The molecule has 1 aliphatic carbocycles. The zero-order valence-electron chi connectivity index (χ0n) is 9.04. The first-order valence-corrected chi connectivity index (χ1v) is 5.64. The van der Waals surface area contributed by atoms with Crippen LogP contribution in [0.4, 0.5) is 0 Å². The fourth-order valence-corrected chi connectivity index (χ4v) is 2.24. The molecule has 4 rings (SSSR count). The average molecular weight is 226 g/mol. The number of nitrogens with zero attached hydrogens (tertiary/aromatic N) is 2. The maximum absolute atomic E-state index is 5.70.